The topological polar surface area (TPSA) is 69.9 Å². The van der Waals surface area contributed by atoms with Crippen molar-refractivity contribution in [3.63, 3.8) is 0 Å². The Morgan fingerprint density at radius 2 is 2.33 bits per heavy atom. The molecule has 24 heavy (non-hydrogen) atoms. The second-order valence-electron chi connectivity index (χ2n) is 5.49. The zero-order valence-corrected chi connectivity index (χ0v) is 16.3. The van der Waals surface area contributed by atoms with Gasteiger partial charge >= 0.3 is 0 Å². The minimum absolute atomic E-state index is 0. The van der Waals surface area contributed by atoms with Gasteiger partial charge < -0.3 is 20.0 Å². The maximum absolute atomic E-state index is 11.5. The van der Waals surface area contributed by atoms with Gasteiger partial charge in [0.2, 0.25) is 5.91 Å². The van der Waals surface area contributed by atoms with Crippen molar-refractivity contribution in [1.29, 1.82) is 0 Å². The quantitative estimate of drug-likeness (QED) is 0.201. The smallest absolute Gasteiger partial charge is 0.222 e. The van der Waals surface area contributed by atoms with E-state index in [9.17, 15) is 4.79 Å². The van der Waals surface area contributed by atoms with E-state index >= 15 is 0 Å². The lowest BCUT2D eigenvalue weighted by Crippen LogP contribution is -2.38. The van der Waals surface area contributed by atoms with Gasteiger partial charge in [-0.25, -0.2) is 0 Å². The third-order valence-corrected chi connectivity index (χ3v) is 3.69. The molecule has 0 aromatic carbocycles. The molecule has 1 aromatic rings. The number of furan rings is 1. The molecular weight excluding hydrogens is 419 g/mol. The van der Waals surface area contributed by atoms with Gasteiger partial charge in [-0.05, 0) is 25.0 Å². The molecule has 0 saturated carbocycles. The van der Waals surface area contributed by atoms with Gasteiger partial charge in [-0.15, -0.1) is 30.6 Å². The summed E-state index contributed by atoms with van der Waals surface area (Å²) >= 11 is 0. The predicted octanol–water partition coefficient (Wildman–Crippen LogP) is 2.17. The van der Waals surface area contributed by atoms with E-state index < -0.39 is 0 Å². The van der Waals surface area contributed by atoms with E-state index in [0.29, 0.717) is 19.5 Å². The molecule has 1 aromatic heterocycles. The molecule has 0 bridgehead atoms. The van der Waals surface area contributed by atoms with E-state index in [1.807, 2.05) is 17.0 Å². The summed E-state index contributed by atoms with van der Waals surface area (Å²) in [5.41, 5.74) is 0. The summed E-state index contributed by atoms with van der Waals surface area (Å²) in [6, 6.07) is 3.85. The van der Waals surface area contributed by atoms with E-state index in [0.717, 1.165) is 50.6 Å². The Bertz CT molecular complexity index is 517. The van der Waals surface area contributed by atoms with Crippen LogP contribution >= 0.6 is 24.0 Å². The first-order valence-corrected chi connectivity index (χ1v) is 8.23. The number of amides is 1. The van der Waals surface area contributed by atoms with Crippen LogP contribution in [0.15, 0.2) is 40.5 Å². The van der Waals surface area contributed by atoms with Crippen LogP contribution in [-0.2, 0) is 11.2 Å². The van der Waals surface area contributed by atoms with Crippen LogP contribution in [0.2, 0.25) is 0 Å². The van der Waals surface area contributed by atoms with Gasteiger partial charge in [-0.3, -0.25) is 9.79 Å². The fourth-order valence-electron chi connectivity index (χ4n) is 2.49. The average Bonchev–Trinajstić information content (AvgIpc) is 3.20. The second-order valence-corrected chi connectivity index (χ2v) is 5.49. The molecule has 0 spiro atoms. The van der Waals surface area contributed by atoms with Crippen LogP contribution in [0, 0.1) is 0 Å². The van der Waals surface area contributed by atoms with Crippen LogP contribution in [0.25, 0.3) is 0 Å². The molecule has 6 nitrogen and oxygen atoms in total. The largest absolute Gasteiger partial charge is 0.469 e. The Morgan fingerprint density at radius 1 is 1.46 bits per heavy atom. The molecule has 1 fully saturated rings. The molecule has 2 rings (SSSR count). The first-order valence-electron chi connectivity index (χ1n) is 8.23. The summed E-state index contributed by atoms with van der Waals surface area (Å²) in [5.74, 6) is 1.99. The SMILES string of the molecule is C=CCNC(=NCCCN1CCCC1=O)NCCc1ccco1.I. The number of carbonyl (C=O) groups is 1. The second kappa shape index (κ2) is 11.9. The number of hydrogen-bond acceptors (Lipinski definition) is 3. The van der Waals surface area contributed by atoms with Crippen molar-refractivity contribution in [2.45, 2.75) is 25.7 Å². The van der Waals surface area contributed by atoms with Crippen molar-refractivity contribution in [2.75, 3.05) is 32.7 Å². The molecule has 1 aliphatic heterocycles. The Morgan fingerprint density at radius 3 is 3.00 bits per heavy atom. The van der Waals surface area contributed by atoms with E-state index in [4.69, 9.17) is 4.42 Å². The molecular formula is C17H27IN4O2. The zero-order chi connectivity index (χ0) is 16.3. The number of halogens is 1. The van der Waals surface area contributed by atoms with Crippen LogP contribution in [0.1, 0.15) is 25.0 Å². The van der Waals surface area contributed by atoms with Crippen molar-refractivity contribution >= 4 is 35.8 Å². The molecule has 0 radical (unpaired) electrons. The van der Waals surface area contributed by atoms with E-state index in [1.54, 1.807) is 12.3 Å². The van der Waals surface area contributed by atoms with Crippen LogP contribution in [-0.4, -0.2) is 49.5 Å². The summed E-state index contributed by atoms with van der Waals surface area (Å²) in [7, 11) is 0. The maximum Gasteiger partial charge on any atom is 0.222 e. The number of guanidine groups is 1. The molecule has 0 unspecified atom stereocenters. The van der Waals surface area contributed by atoms with E-state index in [2.05, 4.69) is 22.2 Å². The highest BCUT2D eigenvalue weighted by atomic mass is 127. The third kappa shape index (κ3) is 7.37. The van der Waals surface area contributed by atoms with Gasteiger partial charge in [0.05, 0.1) is 6.26 Å². The van der Waals surface area contributed by atoms with Crippen molar-refractivity contribution in [1.82, 2.24) is 15.5 Å². The molecule has 7 heteroatoms. The lowest BCUT2D eigenvalue weighted by atomic mass is 10.3. The number of hydrogen-bond donors (Lipinski definition) is 2. The fraction of sp³-hybridized carbons (Fsp3) is 0.529. The highest BCUT2D eigenvalue weighted by molar-refractivity contribution is 14.0. The summed E-state index contributed by atoms with van der Waals surface area (Å²) in [4.78, 5) is 18.0. The van der Waals surface area contributed by atoms with Crippen molar-refractivity contribution in [2.24, 2.45) is 4.99 Å². The van der Waals surface area contributed by atoms with Crippen LogP contribution in [0.3, 0.4) is 0 Å². The lowest BCUT2D eigenvalue weighted by Gasteiger charge is -2.15. The van der Waals surface area contributed by atoms with Gasteiger partial charge in [0.25, 0.3) is 0 Å². The monoisotopic (exact) mass is 446 g/mol. The van der Waals surface area contributed by atoms with Gasteiger partial charge in [0.15, 0.2) is 5.96 Å². The Hall–Kier alpha value is -1.51. The van der Waals surface area contributed by atoms with Crippen LogP contribution < -0.4 is 10.6 Å². The van der Waals surface area contributed by atoms with Crippen molar-refractivity contribution in [3.8, 4) is 0 Å². The molecule has 0 atom stereocenters. The molecule has 1 aliphatic rings. The van der Waals surface area contributed by atoms with Crippen molar-refractivity contribution < 1.29 is 9.21 Å². The van der Waals surface area contributed by atoms with Gasteiger partial charge in [0.1, 0.15) is 5.76 Å². The van der Waals surface area contributed by atoms with Gasteiger partial charge in [0, 0.05) is 45.6 Å². The summed E-state index contributed by atoms with van der Waals surface area (Å²) in [6.07, 6.45) is 6.85. The number of aliphatic imine (C=N–C) groups is 1. The number of carbonyl (C=O) groups excluding carboxylic acids is 1. The molecule has 1 saturated heterocycles. The first kappa shape index (κ1) is 20.5. The molecule has 134 valence electrons. The number of nitrogens with one attached hydrogen (secondary N) is 2. The Kier molecular flexibility index (Phi) is 10.2. The number of nitrogens with zero attached hydrogens (tertiary/aromatic N) is 2. The molecule has 1 amide bonds. The average molecular weight is 446 g/mol. The molecule has 0 aliphatic carbocycles. The Balaban J connectivity index is 0.00000288. The summed E-state index contributed by atoms with van der Waals surface area (Å²) < 4.78 is 5.31. The normalized spacial score (nSPS) is 14.4. The minimum atomic E-state index is 0. The van der Waals surface area contributed by atoms with Gasteiger partial charge in [-0.2, -0.15) is 0 Å². The molecule has 2 N–H and O–H groups in total. The number of rotatable bonds is 9. The van der Waals surface area contributed by atoms with Crippen LogP contribution in [0.5, 0.6) is 0 Å². The van der Waals surface area contributed by atoms with Crippen molar-refractivity contribution in [3.05, 3.63) is 36.8 Å². The maximum atomic E-state index is 11.5. The highest BCUT2D eigenvalue weighted by Gasteiger charge is 2.18. The standard InChI is InChI=1S/C17H26N4O2.HI/c1-2-9-18-17(20-11-8-15-6-4-14-23-15)19-10-5-13-21-12-3-7-16(21)22;/h2,4,6,14H,1,3,5,7-13H2,(H2,18,19,20);1H. The predicted molar refractivity (Wildman–Crippen MR) is 107 cm³/mol. The molecule has 2 heterocycles. The summed E-state index contributed by atoms with van der Waals surface area (Å²) in [6.45, 7) is 7.50. The highest BCUT2D eigenvalue weighted by Crippen LogP contribution is 2.09. The van der Waals surface area contributed by atoms with Crippen LogP contribution in [0.4, 0.5) is 0 Å². The fourth-order valence-corrected chi connectivity index (χ4v) is 2.49. The van der Waals surface area contributed by atoms with E-state index in [-0.39, 0.29) is 29.9 Å². The van der Waals surface area contributed by atoms with Gasteiger partial charge in [-0.1, -0.05) is 6.08 Å². The lowest BCUT2D eigenvalue weighted by molar-refractivity contribution is -0.127. The zero-order valence-electron chi connectivity index (χ0n) is 14.0. The van der Waals surface area contributed by atoms with E-state index in [1.165, 1.54) is 0 Å². The summed E-state index contributed by atoms with van der Waals surface area (Å²) in [5, 5.41) is 6.48. The third-order valence-electron chi connectivity index (χ3n) is 3.69. The first-order chi connectivity index (χ1) is 11.3. The Labute approximate surface area is 160 Å². The number of likely N-dealkylation sites (tertiary alicyclic amines) is 1. The minimum Gasteiger partial charge on any atom is -0.469 e.